The number of carbonyl (C=O) groups excluding carboxylic acids is 1. The van der Waals surface area contributed by atoms with Crippen molar-refractivity contribution in [1.29, 1.82) is 0 Å². The second-order valence-electron chi connectivity index (χ2n) is 6.74. The zero-order valence-corrected chi connectivity index (χ0v) is 17.2. The summed E-state index contributed by atoms with van der Waals surface area (Å²) < 4.78 is 33.6. The standard InChI is InChI=1S/C20H21N5O4S/c1-15-18(14-22-25(15)19-4-2-3-9-21-19)20(26)23-16-5-7-17(8-6-16)30(27,28)24-10-12-29-13-11-24/h2-9,14H,10-13H2,1H3,(H,23,26). The van der Waals surface area contributed by atoms with E-state index in [9.17, 15) is 13.2 Å². The van der Waals surface area contributed by atoms with E-state index in [-0.39, 0.29) is 10.8 Å². The molecule has 0 bridgehead atoms. The van der Waals surface area contributed by atoms with Crippen LogP contribution in [0.4, 0.5) is 5.69 Å². The summed E-state index contributed by atoms with van der Waals surface area (Å²) in [6.07, 6.45) is 3.14. The summed E-state index contributed by atoms with van der Waals surface area (Å²) in [5, 5.41) is 7.03. The lowest BCUT2D eigenvalue weighted by atomic mass is 10.2. The molecule has 0 spiro atoms. The van der Waals surface area contributed by atoms with Gasteiger partial charge in [0.1, 0.15) is 0 Å². The maximum absolute atomic E-state index is 12.7. The Balaban J connectivity index is 1.49. The summed E-state index contributed by atoms with van der Waals surface area (Å²) in [4.78, 5) is 17.1. The van der Waals surface area contributed by atoms with Crippen LogP contribution >= 0.6 is 0 Å². The van der Waals surface area contributed by atoms with Crippen molar-refractivity contribution in [3.8, 4) is 5.82 Å². The second-order valence-corrected chi connectivity index (χ2v) is 8.68. The summed E-state index contributed by atoms with van der Waals surface area (Å²) in [5.74, 6) is 0.283. The number of rotatable bonds is 5. The number of hydrogen-bond acceptors (Lipinski definition) is 6. The van der Waals surface area contributed by atoms with Crippen LogP contribution < -0.4 is 5.32 Å². The maximum atomic E-state index is 12.7. The Bertz CT molecular complexity index is 1140. The number of morpholine rings is 1. The molecule has 1 amide bonds. The molecule has 0 aliphatic carbocycles. The van der Waals surface area contributed by atoms with Crippen LogP contribution in [0.5, 0.6) is 0 Å². The number of benzene rings is 1. The second kappa shape index (κ2) is 8.34. The molecule has 1 N–H and O–H groups in total. The van der Waals surface area contributed by atoms with Crippen molar-refractivity contribution in [3.63, 3.8) is 0 Å². The minimum atomic E-state index is -3.57. The van der Waals surface area contributed by atoms with E-state index in [1.807, 2.05) is 6.07 Å². The fourth-order valence-corrected chi connectivity index (χ4v) is 4.60. The number of sulfonamides is 1. The molecule has 0 radical (unpaired) electrons. The third kappa shape index (κ3) is 3.97. The molecule has 0 atom stereocenters. The molecule has 1 saturated heterocycles. The lowest BCUT2D eigenvalue weighted by molar-refractivity contribution is 0.0730. The summed E-state index contributed by atoms with van der Waals surface area (Å²) in [6.45, 7) is 3.23. The predicted molar refractivity (Wildman–Crippen MR) is 110 cm³/mol. The first-order valence-electron chi connectivity index (χ1n) is 9.42. The topological polar surface area (TPSA) is 106 Å². The zero-order valence-electron chi connectivity index (χ0n) is 16.4. The van der Waals surface area contributed by atoms with Crippen LogP contribution in [0.25, 0.3) is 5.82 Å². The third-order valence-corrected chi connectivity index (χ3v) is 6.75. The number of hydrogen-bond donors (Lipinski definition) is 1. The van der Waals surface area contributed by atoms with Crippen LogP contribution in [0.2, 0.25) is 0 Å². The quantitative estimate of drug-likeness (QED) is 0.666. The molecule has 30 heavy (non-hydrogen) atoms. The summed E-state index contributed by atoms with van der Waals surface area (Å²) in [7, 11) is -3.57. The number of pyridine rings is 1. The van der Waals surface area contributed by atoms with Gasteiger partial charge in [0, 0.05) is 25.0 Å². The molecule has 156 valence electrons. The van der Waals surface area contributed by atoms with E-state index < -0.39 is 10.0 Å². The van der Waals surface area contributed by atoms with Gasteiger partial charge in [0.05, 0.1) is 35.6 Å². The fraction of sp³-hybridized carbons (Fsp3) is 0.250. The van der Waals surface area contributed by atoms with Crippen LogP contribution in [-0.4, -0.2) is 59.7 Å². The SMILES string of the molecule is Cc1c(C(=O)Nc2ccc(S(=O)(=O)N3CCOCC3)cc2)cnn1-c1ccccn1. The van der Waals surface area contributed by atoms with Crippen molar-refractivity contribution < 1.29 is 17.9 Å². The van der Waals surface area contributed by atoms with Crippen LogP contribution in [0.3, 0.4) is 0 Å². The summed E-state index contributed by atoms with van der Waals surface area (Å²) in [5.41, 5.74) is 1.55. The van der Waals surface area contributed by atoms with E-state index in [0.717, 1.165) is 0 Å². The minimum Gasteiger partial charge on any atom is -0.379 e. The molecule has 0 unspecified atom stereocenters. The Kier molecular flexibility index (Phi) is 5.62. The Morgan fingerprint density at radius 1 is 1.10 bits per heavy atom. The first-order chi connectivity index (χ1) is 14.5. The highest BCUT2D eigenvalue weighted by Gasteiger charge is 2.26. The van der Waals surface area contributed by atoms with E-state index in [1.165, 1.54) is 22.6 Å². The smallest absolute Gasteiger partial charge is 0.259 e. The fourth-order valence-electron chi connectivity index (χ4n) is 3.19. The molecular formula is C20H21N5O4S. The van der Waals surface area contributed by atoms with Gasteiger partial charge in [-0.2, -0.15) is 9.40 Å². The Hall–Kier alpha value is -3.08. The first-order valence-corrected chi connectivity index (χ1v) is 10.9. The van der Waals surface area contributed by atoms with Gasteiger partial charge in [0.2, 0.25) is 10.0 Å². The highest BCUT2D eigenvalue weighted by Crippen LogP contribution is 2.20. The highest BCUT2D eigenvalue weighted by molar-refractivity contribution is 7.89. The number of anilines is 1. The maximum Gasteiger partial charge on any atom is 0.259 e. The molecule has 0 saturated carbocycles. The van der Waals surface area contributed by atoms with Gasteiger partial charge in [-0.05, 0) is 43.3 Å². The van der Waals surface area contributed by atoms with E-state index in [4.69, 9.17) is 4.74 Å². The molecule has 1 aromatic carbocycles. The van der Waals surface area contributed by atoms with Gasteiger partial charge in [-0.25, -0.2) is 18.1 Å². The minimum absolute atomic E-state index is 0.182. The van der Waals surface area contributed by atoms with Crippen molar-refractivity contribution in [2.24, 2.45) is 0 Å². The van der Waals surface area contributed by atoms with Crippen LogP contribution in [0.1, 0.15) is 16.1 Å². The predicted octanol–water partition coefficient (Wildman–Crippen LogP) is 1.85. The highest BCUT2D eigenvalue weighted by atomic mass is 32.2. The molecule has 1 fully saturated rings. The average Bonchev–Trinajstić information content (AvgIpc) is 3.17. The van der Waals surface area contributed by atoms with E-state index in [0.29, 0.717) is 49.1 Å². The molecule has 1 aliphatic heterocycles. The summed E-state index contributed by atoms with van der Waals surface area (Å²) >= 11 is 0. The van der Waals surface area contributed by atoms with Gasteiger partial charge in [-0.3, -0.25) is 4.79 Å². The van der Waals surface area contributed by atoms with Crippen molar-refractivity contribution in [3.05, 3.63) is 66.1 Å². The molecule has 9 nitrogen and oxygen atoms in total. The molecule has 3 heterocycles. The van der Waals surface area contributed by atoms with Gasteiger partial charge in [0.15, 0.2) is 5.82 Å². The average molecular weight is 427 g/mol. The number of carbonyl (C=O) groups is 1. The van der Waals surface area contributed by atoms with Gasteiger partial charge in [0.25, 0.3) is 5.91 Å². The third-order valence-electron chi connectivity index (χ3n) is 4.84. The largest absolute Gasteiger partial charge is 0.379 e. The normalized spacial score (nSPS) is 15.1. The number of nitrogens with zero attached hydrogens (tertiary/aromatic N) is 4. The van der Waals surface area contributed by atoms with Gasteiger partial charge in [-0.1, -0.05) is 6.07 Å². The lowest BCUT2D eigenvalue weighted by Gasteiger charge is -2.26. The van der Waals surface area contributed by atoms with Crippen LogP contribution in [-0.2, 0) is 14.8 Å². The van der Waals surface area contributed by atoms with Crippen molar-refractivity contribution in [1.82, 2.24) is 19.1 Å². The Labute approximate surface area is 174 Å². The molecule has 1 aliphatic rings. The van der Waals surface area contributed by atoms with Crippen LogP contribution in [0.15, 0.2) is 59.8 Å². The van der Waals surface area contributed by atoms with Gasteiger partial charge >= 0.3 is 0 Å². The van der Waals surface area contributed by atoms with Crippen molar-refractivity contribution in [2.75, 3.05) is 31.6 Å². The summed E-state index contributed by atoms with van der Waals surface area (Å²) in [6, 6.07) is 11.6. The van der Waals surface area contributed by atoms with E-state index in [2.05, 4.69) is 15.4 Å². The number of amides is 1. The zero-order chi connectivity index (χ0) is 21.1. The van der Waals surface area contributed by atoms with E-state index >= 15 is 0 Å². The molecule has 4 rings (SSSR count). The monoisotopic (exact) mass is 427 g/mol. The number of aromatic nitrogens is 3. The lowest BCUT2D eigenvalue weighted by Crippen LogP contribution is -2.40. The van der Waals surface area contributed by atoms with Gasteiger partial charge in [-0.15, -0.1) is 0 Å². The molecular weight excluding hydrogens is 406 g/mol. The molecule has 10 heteroatoms. The van der Waals surface area contributed by atoms with Gasteiger partial charge < -0.3 is 10.1 Å². The van der Waals surface area contributed by atoms with Crippen molar-refractivity contribution in [2.45, 2.75) is 11.8 Å². The Morgan fingerprint density at radius 2 is 1.83 bits per heavy atom. The van der Waals surface area contributed by atoms with Crippen LogP contribution in [0, 0.1) is 6.92 Å². The number of ether oxygens (including phenoxy) is 1. The van der Waals surface area contributed by atoms with Crippen molar-refractivity contribution >= 4 is 21.6 Å². The Morgan fingerprint density at radius 3 is 2.50 bits per heavy atom. The number of nitrogens with one attached hydrogen (secondary N) is 1. The van der Waals surface area contributed by atoms with E-state index in [1.54, 1.807) is 42.1 Å². The molecule has 2 aromatic heterocycles. The first kappa shape index (κ1) is 20.2. The molecule has 3 aromatic rings.